The molecule has 10 heteroatoms. The van der Waals surface area contributed by atoms with Crippen molar-refractivity contribution in [3.05, 3.63) is 170 Å². The van der Waals surface area contributed by atoms with Gasteiger partial charge in [-0.15, -0.1) is 0 Å². The fraction of sp³-hybridized carbons (Fsp3) is 0.589. The SMILES string of the molecule is CC/C=C\C/C=C\C/C=C\C/C=C\C/C=C\C/C=C\C/C=C\C/C=C\C/C=C\CCCCCC(=O)OC(COC(=O)CCCCCCCCCCCCCCCCC/C=C\C/C=C\C/C=C\C/C=C\C/C=C\CC)COP(=O)(O)OCCN. The number of allylic oxidation sites excluding steroid dienone is 28. The normalized spacial score (nSPS) is 14.1. The molecule has 0 aliphatic heterocycles. The minimum Gasteiger partial charge on any atom is -0.462 e. The Hall–Kier alpha value is -4.63. The van der Waals surface area contributed by atoms with E-state index in [2.05, 4.69) is 184 Å². The van der Waals surface area contributed by atoms with Crippen LogP contribution in [0.1, 0.15) is 245 Å². The topological polar surface area (TPSA) is 134 Å². The number of carbonyl (C=O) groups excluding carboxylic acids is 2. The van der Waals surface area contributed by atoms with Crippen molar-refractivity contribution in [3.63, 3.8) is 0 Å². The minimum atomic E-state index is -4.41. The molecule has 0 fully saturated rings. The molecule has 83 heavy (non-hydrogen) atoms. The van der Waals surface area contributed by atoms with Gasteiger partial charge in [-0.05, 0) is 128 Å². The summed E-state index contributed by atoms with van der Waals surface area (Å²) in [5.74, 6) is -0.876. The van der Waals surface area contributed by atoms with E-state index in [1.54, 1.807) is 0 Å². The molecule has 3 N–H and O–H groups in total. The number of nitrogens with two attached hydrogens (primary N) is 1. The average molecular weight is 1170 g/mol. The molecule has 0 saturated heterocycles. The third-order valence-electron chi connectivity index (χ3n) is 13.1. The van der Waals surface area contributed by atoms with Crippen molar-refractivity contribution in [1.82, 2.24) is 0 Å². The number of hydrogen-bond acceptors (Lipinski definition) is 8. The molecule has 0 aromatic heterocycles. The number of hydrogen-bond donors (Lipinski definition) is 2. The second kappa shape index (κ2) is 66.5. The molecular weight excluding hydrogens is 1050 g/mol. The zero-order valence-corrected chi connectivity index (χ0v) is 53.3. The van der Waals surface area contributed by atoms with Crippen molar-refractivity contribution in [3.8, 4) is 0 Å². The molecule has 2 atom stereocenters. The van der Waals surface area contributed by atoms with Crippen molar-refractivity contribution >= 4 is 19.8 Å². The van der Waals surface area contributed by atoms with Crippen molar-refractivity contribution in [1.29, 1.82) is 0 Å². The molecule has 0 heterocycles. The summed E-state index contributed by atoms with van der Waals surface area (Å²) >= 11 is 0. The Kier molecular flexibility index (Phi) is 62.8. The van der Waals surface area contributed by atoms with Gasteiger partial charge in [0.2, 0.25) is 0 Å². The Bertz CT molecular complexity index is 1960. The Balaban J connectivity index is 4.04. The Morgan fingerprint density at radius 1 is 0.361 bits per heavy atom. The van der Waals surface area contributed by atoms with E-state index in [1.807, 2.05) is 0 Å². The van der Waals surface area contributed by atoms with E-state index < -0.39 is 32.5 Å². The molecule has 0 saturated carbocycles. The molecule has 0 rings (SSSR count). The van der Waals surface area contributed by atoms with Crippen LogP contribution in [0.25, 0.3) is 0 Å². The fourth-order valence-corrected chi connectivity index (χ4v) is 9.13. The van der Waals surface area contributed by atoms with Gasteiger partial charge in [0.05, 0.1) is 13.2 Å². The predicted octanol–water partition coefficient (Wildman–Crippen LogP) is 21.4. The molecule has 468 valence electrons. The smallest absolute Gasteiger partial charge is 0.462 e. The van der Waals surface area contributed by atoms with Gasteiger partial charge in [-0.1, -0.05) is 274 Å². The van der Waals surface area contributed by atoms with Crippen LogP contribution in [0.3, 0.4) is 0 Å². The van der Waals surface area contributed by atoms with E-state index in [4.69, 9.17) is 24.3 Å². The Morgan fingerprint density at radius 2 is 0.627 bits per heavy atom. The minimum absolute atomic E-state index is 0.0389. The Morgan fingerprint density at radius 3 is 0.940 bits per heavy atom. The monoisotopic (exact) mass is 1170 g/mol. The predicted molar refractivity (Wildman–Crippen MR) is 357 cm³/mol. The first-order chi connectivity index (χ1) is 40.8. The lowest BCUT2D eigenvalue weighted by Crippen LogP contribution is -2.29. The summed E-state index contributed by atoms with van der Waals surface area (Å²) in [6.45, 7) is 3.47. The van der Waals surface area contributed by atoms with Crippen molar-refractivity contribution in [2.45, 2.75) is 251 Å². The van der Waals surface area contributed by atoms with Gasteiger partial charge in [0, 0.05) is 19.4 Å². The van der Waals surface area contributed by atoms with Gasteiger partial charge < -0.3 is 20.1 Å². The molecule has 0 aliphatic carbocycles. The third-order valence-corrected chi connectivity index (χ3v) is 14.1. The summed E-state index contributed by atoms with van der Waals surface area (Å²) < 4.78 is 33.1. The van der Waals surface area contributed by atoms with Crippen LogP contribution in [-0.2, 0) is 32.7 Å². The first-order valence-electron chi connectivity index (χ1n) is 32.6. The highest BCUT2D eigenvalue weighted by atomic mass is 31.2. The number of unbranched alkanes of at least 4 members (excludes halogenated alkanes) is 18. The quantitative estimate of drug-likeness (QED) is 0.0264. The summed E-state index contributed by atoms with van der Waals surface area (Å²) in [4.78, 5) is 35.3. The fourth-order valence-electron chi connectivity index (χ4n) is 8.36. The molecule has 0 spiro atoms. The Labute approximate surface area is 508 Å². The number of carbonyl (C=O) groups is 2. The van der Waals surface area contributed by atoms with Gasteiger partial charge in [-0.25, -0.2) is 4.57 Å². The highest BCUT2D eigenvalue weighted by Crippen LogP contribution is 2.43. The van der Waals surface area contributed by atoms with Crippen molar-refractivity contribution < 1.29 is 37.6 Å². The van der Waals surface area contributed by atoms with Crippen LogP contribution in [0, 0.1) is 0 Å². The lowest BCUT2D eigenvalue weighted by molar-refractivity contribution is -0.161. The maximum Gasteiger partial charge on any atom is 0.472 e. The number of esters is 2. The number of ether oxygens (including phenoxy) is 2. The lowest BCUT2D eigenvalue weighted by Gasteiger charge is -2.19. The van der Waals surface area contributed by atoms with Crippen LogP contribution < -0.4 is 5.73 Å². The maximum atomic E-state index is 12.7. The summed E-state index contributed by atoms with van der Waals surface area (Å²) in [5, 5.41) is 0. The zero-order valence-electron chi connectivity index (χ0n) is 52.4. The first-order valence-corrected chi connectivity index (χ1v) is 34.1. The van der Waals surface area contributed by atoms with Crippen molar-refractivity contribution in [2.75, 3.05) is 26.4 Å². The zero-order chi connectivity index (χ0) is 60.1. The molecule has 0 aromatic rings. The van der Waals surface area contributed by atoms with Crippen LogP contribution >= 0.6 is 7.82 Å². The summed E-state index contributed by atoms with van der Waals surface area (Å²) in [5.41, 5.74) is 5.39. The molecule has 0 aliphatic rings. The maximum absolute atomic E-state index is 12.7. The number of phosphoric ester groups is 1. The van der Waals surface area contributed by atoms with E-state index in [0.29, 0.717) is 6.42 Å². The van der Waals surface area contributed by atoms with Crippen LogP contribution in [0.5, 0.6) is 0 Å². The van der Waals surface area contributed by atoms with E-state index in [1.165, 1.54) is 77.0 Å². The largest absolute Gasteiger partial charge is 0.472 e. The first kappa shape index (κ1) is 78.4. The van der Waals surface area contributed by atoms with E-state index in [0.717, 1.165) is 135 Å². The molecule has 0 amide bonds. The lowest BCUT2D eigenvalue weighted by atomic mass is 10.0. The van der Waals surface area contributed by atoms with Gasteiger partial charge >= 0.3 is 19.8 Å². The molecule has 9 nitrogen and oxygen atoms in total. The average Bonchev–Trinajstić information content (AvgIpc) is 3.48. The second-order valence-electron chi connectivity index (χ2n) is 20.9. The number of phosphoric acid groups is 1. The van der Waals surface area contributed by atoms with Gasteiger partial charge in [-0.3, -0.25) is 18.6 Å². The van der Waals surface area contributed by atoms with Gasteiger partial charge in [0.25, 0.3) is 0 Å². The molecule has 0 aromatic carbocycles. The summed E-state index contributed by atoms with van der Waals surface area (Å²) in [6.07, 6.45) is 98.5. The van der Waals surface area contributed by atoms with E-state index in [-0.39, 0.29) is 32.6 Å². The second-order valence-corrected chi connectivity index (χ2v) is 22.3. The molecule has 2 unspecified atom stereocenters. The van der Waals surface area contributed by atoms with Crippen LogP contribution in [-0.4, -0.2) is 49.3 Å². The van der Waals surface area contributed by atoms with Gasteiger partial charge in [-0.2, -0.15) is 0 Å². The molecule has 0 bridgehead atoms. The van der Waals surface area contributed by atoms with E-state index >= 15 is 0 Å². The van der Waals surface area contributed by atoms with Crippen LogP contribution in [0.15, 0.2) is 170 Å². The third kappa shape index (κ3) is 66.4. The molecule has 0 radical (unpaired) electrons. The van der Waals surface area contributed by atoms with Crippen molar-refractivity contribution in [2.24, 2.45) is 5.73 Å². The van der Waals surface area contributed by atoms with Gasteiger partial charge in [0.1, 0.15) is 6.61 Å². The van der Waals surface area contributed by atoms with E-state index in [9.17, 15) is 19.0 Å². The highest BCUT2D eigenvalue weighted by molar-refractivity contribution is 7.47. The molecular formula is C73H118NO8P. The standard InChI is InChI=1S/C73H118NO8P/c1-3-5-7-9-11-13-15-17-19-21-23-25-27-29-31-33-35-37-39-41-43-45-47-49-51-53-55-57-59-61-63-65-72(75)79-69-71(70-81-83(77,78)80-68-67-74)82-73(76)66-64-62-60-58-56-54-52-50-48-46-44-42-40-38-36-34-32-30-28-26-24-22-20-18-16-14-12-10-8-6-4-2/h5-8,11-14,17-20,23-26,29-32,36,38,42,44,48,50,54,56,71H,3-4,9-10,15-16,21-22,27-28,33-35,37,39-41,43,45-47,49,51-53,55,57-70,74H2,1-2H3,(H,77,78)/b7-5-,8-6-,13-11-,14-12-,19-17-,20-18-,25-23-,26-24-,31-29-,32-30-,38-36-,44-42-,50-48-,56-54-. The summed E-state index contributed by atoms with van der Waals surface area (Å²) in [6, 6.07) is 0. The van der Waals surface area contributed by atoms with Gasteiger partial charge in [0.15, 0.2) is 6.10 Å². The van der Waals surface area contributed by atoms with Crippen LogP contribution in [0.4, 0.5) is 0 Å². The van der Waals surface area contributed by atoms with Crippen LogP contribution in [0.2, 0.25) is 0 Å². The number of rotatable bonds is 59. The highest BCUT2D eigenvalue weighted by Gasteiger charge is 2.26. The summed E-state index contributed by atoms with van der Waals surface area (Å²) in [7, 11) is -4.41.